The summed E-state index contributed by atoms with van der Waals surface area (Å²) in [6, 6.07) is 0. The van der Waals surface area contributed by atoms with E-state index in [1.165, 1.54) is 20.8 Å². The number of carbonyl (C=O) groups excluding carboxylic acids is 4. The Morgan fingerprint density at radius 3 is 2.23 bits per heavy atom. The van der Waals surface area contributed by atoms with E-state index < -0.39 is 42.5 Å². The van der Waals surface area contributed by atoms with Crippen LogP contribution < -0.4 is 0 Å². The van der Waals surface area contributed by atoms with Crippen molar-refractivity contribution in [3.05, 3.63) is 0 Å². The maximum atomic E-state index is 11.2. The topological polar surface area (TPSA) is 114 Å². The summed E-state index contributed by atoms with van der Waals surface area (Å²) < 4.78 is 25.1. The molecule has 1 aliphatic heterocycles. The lowest BCUT2D eigenvalue weighted by Gasteiger charge is -2.38. The van der Waals surface area contributed by atoms with Crippen LogP contribution in [0.2, 0.25) is 0 Å². The second-order valence-electron chi connectivity index (χ2n) is 4.60. The van der Waals surface area contributed by atoms with Crippen LogP contribution in [-0.4, -0.2) is 55.6 Å². The molecular formula is C13H18O9. The van der Waals surface area contributed by atoms with Gasteiger partial charge in [-0.05, 0) is 0 Å². The molecule has 0 aromatic heterocycles. The molecule has 1 saturated heterocycles. The van der Waals surface area contributed by atoms with E-state index in [0.717, 1.165) is 0 Å². The summed E-state index contributed by atoms with van der Waals surface area (Å²) >= 11 is 0. The molecule has 4 atom stereocenters. The summed E-state index contributed by atoms with van der Waals surface area (Å²) in [4.78, 5) is 43.7. The van der Waals surface area contributed by atoms with Gasteiger partial charge in [0.05, 0.1) is 6.42 Å². The number of ether oxygens (including phenoxy) is 5. The third kappa shape index (κ3) is 5.68. The highest BCUT2D eigenvalue weighted by atomic mass is 16.7. The second kappa shape index (κ2) is 8.32. The fourth-order valence-corrected chi connectivity index (χ4v) is 2.03. The van der Waals surface area contributed by atoms with Gasteiger partial charge in [-0.3, -0.25) is 19.2 Å². The Labute approximate surface area is 126 Å². The van der Waals surface area contributed by atoms with Crippen LogP contribution in [0.1, 0.15) is 27.2 Å². The first-order valence-electron chi connectivity index (χ1n) is 6.55. The lowest BCUT2D eigenvalue weighted by atomic mass is 10.0. The van der Waals surface area contributed by atoms with Crippen molar-refractivity contribution in [1.29, 1.82) is 0 Å². The lowest BCUT2D eigenvalue weighted by Crippen LogP contribution is -2.54. The van der Waals surface area contributed by atoms with Crippen molar-refractivity contribution in [2.24, 2.45) is 0 Å². The Balaban J connectivity index is 2.89. The summed E-state index contributed by atoms with van der Waals surface area (Å²) in [7, 11) is 0. The van der Waals surface area contributed by atoms with E-state index in [9.17, 15) is 19.2 Å². The first-order valence-corrected chi connectivity index (χ1v) is 6.55. The highest BCUT2D eigenvalue weighted by molar-refractivity contribution is 5.67. The standard InChI is InChI=1S/C13H18O9/c1-7(15)18-5-11-13(21-9(3)17)10(19-6-14)4-12(22-11)20-8(2)16/h6,10-13H,4-5H2,1-3H3/t10-,11-,12?,13-/m1/s1. The van der Waals surface area contributed by atoms with Crippen LogP contribution in [0, 0.1) is 0 Å². The van der Waals surface area contributed by atoms with E-state index in [0.29, 0.717) is 0 Å². The Morgan fingerprint density at radius 1 is 1.09 bits per heavy atom. The molecule has 124 valence electrons. The number of esters is 3. The van der Waals surface area contributed by atoms with E-state index in [2.05, 4.69) is 0 Å². The Morgan fingerprint density at radius 2 is 1.73 bits per heavy atom. The minimum atomic E-state index is -1.00. The average molecular weight is 318 g/mol. The van der Waals surface area contributed by atoms with Crippen molar-refractivity contribution in [3.63, 3.8) is 0 Å². The number of rotatable bonds is 6. The van der Waals surface area contributed by atoms with Crippen molar-refractivity contribution < 1.29 is 42.9 Å². The molecule has 1 rings (SSSR count). The van der Waals surface area contributed by atoms with Crippen molar-refractivity contribution >= 4 is 24.4 Å². The van der Waals surface area contributed by atoms with E-state index in [-0.39, 0.29) is 19.5 Å². The van der Waals surface area contributed by atoms with Gasteiger partial charge in [0, 0.05) is 20.8 Å². The molecule has 0 amide bonds. The minimum Gasteiger partial charge on any atom is -0.463 e. The third-order valence-corrected chi connectivity index (χ3v) is 2.76. The highest BCUT2D eigenvalue weighted by Crippen LogP contribution is 2.26. The van der Waals surface area contributed by atoms with Gasteiger partial charge in [-0.1, -0.05) is 0 Å². The first-order chi connectivity index (χ1) is 10.3. The summed E-state index contributed by atoms with van der Waals surface area (Å²) in [5, 5.41) is 0. The molecule has 0 N–H and O–H groups in total. The zero-order valence-corrected chi connectivity index (χ0v) is 12.5. The molecule has 0 radical (unpaired) electrons. The van der Waals surface area contributed by atoms with Crippen LogP contribution in [0.15, 0.2) is 0 Å². The molecule has 1 aliphatic rings. The molecule has 0 saturated carbocycles. The summed E-state index contributed by atoms with van der Waals surface area (Å²) in [5.41, 5.74) is 0. The van der Waals surface area contributed by atoms with Crippen molar-refractivity contribution in [2.45, 2.75) is 51.8 Å². The molecule has 9 heteroatoms. The Hall–Kier alpha value is -2.16. The molecule has 0 spiro atoms. The number of hydrogen-bond acceptors (Lipinski definition) is 9. The smallest absolute Gasteiger partial charge is 0.304 e. The highest BCUT2D eigenvalue weighted by Gasteiger charge is 2.44. The van der Waals surface area contributed by atoms with Gasteiger partial charge in [0.1, 0.15) is 18.8 Å². The zero-order chi connectivity index (χ0) is 16.7. The summed E-state index contributed by atoms with van der Waals surface area (Å²) in [5.74, 6) is -1.77. The lowest BCUT2D eigenvalue weighted by molar-refractivity contribution is -0.258. The van der Waals surface area contributed by atoms with Crippen LogP contribution in [0.25, 0.3) is 0 Å². The summed E-state index contributed by atoms with van der Waals surface area (Å²) in [6.07, 6.45) is -3.81. The fourth-order valence-electron chi connectivity index (χ4n) is 2.03. The molecule has 1 unspecified atom stereocenters. The number of carbonyl (C=O) groups is 4. The second-order valence-corrected chi connectivity index (χ2v) is 4.60. The van der Waals surface area contributed by atoms with Gasteiger partial charge in [0.25, 0.3) is 6.47 Å². The first kappa shape index (κ1) is 17.9. The molecular weight excluding hydrogens is 300 g/mol. The predicted octanol–water partition coefficient (Wildman–Crippen LogP) is -0.299. The van der Waals surface area contributed by atoms with Crippen molar-refractivity contribution in [1.82, 2.24) is 0 Å². The number of hydrogen-bond donors (Lipinski definition) is 0. The van der Waals surface area contributed by atoms with Gasteiger partial charge >= 0.3 is 17.9 Å². The van der Waals surface area contributed by atoms with Crippen LogP contribution in [0.3, 0.4) is 0 Å². The molecule has 9 nitrogen and oxygen atoms in total. The minimum absolute atomic E-state index is 0.00711. The van der Waals surface area contributed by atoms with Gasteiger partial charge < -0.3 is 23.7 Å². The van der Waals surface area contributed by atoms with E-state index in [1.54, 1.807) is 0 Å². The largest absolute Gasteiger partial charge is 0.463 e. The van der Waals surface area contributed by atoms with Gasteiger partial charge in [0.15, 0.2) is 6.10 Å². The Bertz CT molecular complexity index is 433. The zero-order valence-electron chi connectivity index (χ0n) is 12.5. The maximum Gasteiger partial charge on any atom is 0.304 e. The van der Waals surface area contributed by atoms with Crippen LogP contribution in [-0.2, 0) is 42.9 Å². The van der Waals surface area contributed by atoms with Crippen LogP contribution in [0.5, 0.6) is 0 Å². The van der Waals surface area contributed by atoms with Crippen LogP contribution >= 0.6 is 0 Å². The third-order valence-electron chi connectivity index (χ3n) is 2.76. The molecule has 0 aromatic rings. The van der Waals surface area contributed by atoms with Gasteiger partial charge in [-0.25, -0.2) is 0 Å². The fraction of sp³-hybridized carbons (Fsp3) is 0.692. The molecule has 0 bridgehead atoms. The predicted molar refractivity (Wildman–Crippen MR) is 68.2 cm³/mol. The van der Waals surface area contributed by atoms with Gasteiger partial charge in [-0.2, -0.15) is 0 Å². The summed E-state index contributed by atoms with van der Waals surface area (Å²) in [6.45, 7) is 3.52. The normalized spacial score (nSPS) is 27.4. The quantitative estimate of drug-likeness (QED) is 0.370. The Kier molecular flexibility index (Phi) is 6.77. The molecule has 0 aromatic carbocycles. The van der Waals surface area contributed by atoms with E-state index in [4.69, 9.17) is 23.7 Å². The van der Waals surface area contributed by atoms with Crippen molar-refractivity contribution in [3.8, 4) is 0 Å². The molecule has 1 fully saturated rings. The van der Waals surface area contributed by atoms with Crippen molar-refractivity contribution in [2.75, 3.05) is 6.61 Å². The average Bonchev–Trinajstić information content (AvgIpc) is 2.38. The van der Waals surface area contributed by atoms with Crippen LogP contribution in [0.4, 0.5) is 0 Å². The van der Waals surface area contributed by atoms with E-state index in [1.807, 2.05) is 0 Å². The van der Waals surface area contributed by atoms with Gasteiger partial charge in [-0.15, -0.1) is 0 Å². The molecule has 1 heterocycles. The SMILES string of the molecule is CC(=O)OC[C@H]1OC(OC(C)=O)C[C@@H](OC=O)[C@H]1OC(C)=O. The maximum absolute atomic E-state index is 11.2. The van der Waals surface area contributed by atoms with E-state index >= 15 is 0 Å². The molecule has 22 heavy (non-hydrogen) atoms. The molecule has 0 aliphatic carbocycles. The van der Waals surface area contributed by atoms with Gasteiger partial charge in [0.2, 0.25) is 6.29 Å². The monoisotopic (exact) mass is 318 g/mol.